The molecule has 0 unspecified atom stereocenters. The van der Waals surface area contributed by atoms with Gasteiger partial charge >= 0.3 is 0 Å². The first kappa shape index (κ1) is 15.1. The first-order chi connectivity index (χ1) is 8.76. The van der Waals surface area contributed by atoms with E-state index in [4.69, 9.17) is 5.11 Å². The van der Waals surface area contributed by atoms with Crippen LogP contribution in [0.3, 0.4) is 0 Å². The number of hydrogen-bond acceptors (Lipinski definition) is 2. The molecule has 0 atom stereocenters. The Hall–Kier alpha value is -0.980. The number of aliphatic hydroxyl groups is 1. The molecule has 0 heterocycles. The monoisotopic (exact) mass is 266 g/mol. The molecule has 0 aliphatic rings. The van der Waals surface area contributed by atoms with Crippen molar-refractivity contribution in [1.82, 2.24) is 0 Å². The van der Waals surface area contributed by atoms with Gasteiger partial charge < -0.3 is 5.11 Å². The molecule has 0 radical (unpaired) electrons. The predicted octanol–water partition coefficient (Wildman–Crippen LogP) is 3.59. The lowest BCUT2D eigenvalue weighted by atomic mass is 10.1. The standard InChI is InChI=1S/C15H19FOS/c1-2-3-8-18-12-14-9-13(6-4-5-7-17)10-15(16)11-14/h9-11,17H,2-3,5,7-8,12H2,1H3. The van der Waals surface area contributed by atoms with Crippen molar-refractivity contribution < 1.29 is 9.50 Å². The Morgan fingerprint density at radius 2 is 2.17 bits per heavy atom. The number of thioether (sulfide) groups is 1. The second kappa shape index (κ2) is 9.02. The van der Waals surface area contributed by atoms with Gasteiger partial charge in [-0.3, -0.25) is 0 Å². The third kappa shape index (κ3) is 6.09. The topological polar surface area (TPSA) is 20.2 Å². The highest BCUT2D eigenvalue weighted by atomic mass is 32.2. The number of rotatable bonds is 6. The number of halogens is 1. The van der Waals surface area contributed by atoms with Gasteiger partial charge in [-0.15, -0.1) is 0 Å². The largest absolute Gasteiger partial charge is 0.395 e. The Morgan fingerprint density at radius 3 is 2.89 bits per heavy atom. The van der Waals surface area contributed by atoms with E-state index < -0.39 is 0 Å². The molecular weight excluding hydrogens is 247 g/mol. The molecule has 1 rings (SSSR count). The summed E-state index contributed by atoms with van der Waals surface area (Å²) in [7, 11) is 0. The third-order valence-corrected chi connectivity index (χ3v) is 3.45. The van der Waals surface area contributed by atoms with Crippen LogP contribution in [0.1, 0.15) is 37.3 Å². The van der Waals surface area contributed by atoms with Gasteiger partial charge in [0.15, 0.2) is 0 Å². The molecular formula is C15H19FOS. The fourth-order valence-corrected chi connectivity index (χ4v) is 2.50. The zero-order valence-electron chi connectivity index (χ0n) is 10.7. The van der Waals surface area contributed by atoms with Crippen LogP contribution >= 0.6 is 11.8 Å². The average molecular weight is 266 g/mol. The van der Waals surface area contributed by atoms with Crippen LogP contribution in [0.2, 0.25) is 0 Å². The van der Waals surface area contributed by atoms with E-state index >= 15 is 0 Å². The van der Waals surface area contributed by atoms with Crippen molar-refractivity contribution in [3.8, 4) is 11.8 Å². The van der Waals surface area contributed by atoms with Crippen molar-refractivity contribution in [2.24, 2.45) is 0 Å². The highest BCUT2D eigenvalue weighted by molar-refractivity contribution is 7.98. The first-order valence-electron chi connectivity index (χ1n) is 6.23. The van der Waals surface area contributed by atoms with Gasteiger partial charge in [-0.05, 0) is 35.9 Å². The summed E-state index contributed by atoms with van der Waals surface area (Å²) in [4.78, 5) is 0. The molecule has 0 saturated carbocycles. The fourth-order valence-electron chi connectivity index (χ4n) is 1.46. The Morgan fingerprint density at radius 1 is 1.33 bits per heavy atom. The summed E-state index contributed by atoms with van der Waals surface area (Å²) in [6, 6.07) is 4.92. The Balaban J connectivity index is 2.60. The van der Waals surface area contributed by atoms with Gasteiger partial charge in [0.25, 0.3) is 0 Å². The molecule has 0 fully saturated rings. The van der Waals surface area contributed by atoms with Gasteiger partial charge in [-0.1, -0.05) is 25.2 Å². The molecule has 1 N–H and O–H groups in total. The molecule has 1 aromatic rings. The zero-order chi connectivity index (χ0) is 13.2. The molecule has 0 saturated heterocycles. The third-order valence-electron chi connectivity index (χ3n) is 2.34. The molecule has 0 aromatic heterocycles. The fraction of sp³-hybridized carbons (Fsp3) is 0.467. The minimum absolute atomic E-state index is 0.0437. The molecule has 1 nitrogen and oxygen atoms in total. The molecule has 18 heavy (non-hydrogen) atoms. The van der Waals surface area contributed by atoms with Crippen LogP contribution < -0.4 is 0 Å². The lowest BCUT2D eigenvalue weighted by Gasteiger charge is -2.03. The van der Waals surface area contributed by atoms with E-state index in [1.165, 1.54) is 18.9 Å². The van der Waals surface area contributed by atoms with E-state index in [2.05, 4.69) is 18.8 Å². The zero-order valence-corrected chi connectivity index (χ0v) is 11.5. The summed E-state index contributed by atoms with van der Waals surface area (Å²) in [5.41, 5.74) is 1.67. The van der Waals surface area contributed by atoms with Gasteiger partial charge in [-0.25, -0.2) is 4.39 Å². The van der Waals surface area contributed by atoms with Gasteiger partial charge in [0.05, 0.1) is 6.61 Å². The normalized spacial score (nSPS) is 9.94. The number of benzene rings is 1. The highest BCUT2D eigenvalue weighted by Crippen LogP contribution is 2.16. The van der Waals surface area contributed by atoms with Gasteiger partial charge in [-0.2, -0.15) is 11.8 Å². The van der Waals surface area contributed by atoms with Crippen molar-refractivity contribution in [2.45, 2.75) is 31.9 Å². The molecule has 3 heteroatoms. The summed E-state index contributed by atoms with van der Waals surface area (Å²) in [5, 5.41) is 8.64. The van der Waals surface area contributed by atoms with Crippen molar-refractivity contribution in [1.29, 1.82) is 0 Å². The van der Waals surface area contributed by atoms with Crippen LogP contribution in [0.4, 0.5) is 4.39 Å². The van der Waals surface area contributed by atoms with Gasteiger partial charge in [0.2, 0.25) is 0 Å². The molecule has 0 bridgehead atoms. The van der Waals surface area contributed by atoms with Crippen LogP contribution in [0.15, 0.2) is 18.2 Å². The average Bonchev–Trinajstić information content (AvgIpc) is 2.34. The van der Waals surface area contributed by atoms with Crippen LogP contribution in [0, 0.1) is 17.7 Å². The molecule has 0 spiro atoms. The summed E-state index contributed by atoms with van der Waals surface area (Å²) in [6.07, 6.45) is 2.81. The van der Waals surface area contributed by atoms with E-state index in [0.29, 0.717) is 12.0 Å². The predicted molar refractivity (Wildman–Crippen MR) is 76.1 cm³/mol. The summed E-state index contributed by atoms with van der Waals surface area (Å²) in [6.45, 7) is 2.21. The minimum atomic E-state index is -0.239. The SMILES string of the molecule is CCCCSCc1cc(F)cc(C#CCCO)c1. The van der Waals surface area contributed by atoms with Crippen LogP contribution in [0.25, 0.3) is 0 Å². The number of unbranched alkanes of at least 4 members (excludes halogenated alkanes) is 1. The quantitative estimate of drug-likeness (QED) is 0.627. The molecule has 0 aliphatic carbocycles. The van der Waals surface area contributed by atoms with E-state index in [0.717, 1.165) is 17.1 Å². The van der Waals surface area contributed by atoms with Crippen molar-refractivity contribution in [2.75, 3.05) is 12.4 Å². The van der Waals surface area contributed by atoms with E-state index in [9.17, 15) is 4.39 Å². The Bertz CT molecular complexity index is 420. The van der Waals surface area contributed by atoms with Crippen molar-refractivity contribution in [3.05, 3.63) is 35.1 Å². The van der Waals surface area contributed by atoms with E-state index in [1.807, 2.05) is 17.8 Å². The molecule has 0 amide bonds. The van der Waals surface area contributed by atoms with Crippen molar-refractivity contribution in [3.63, 3.8) is 0 Å². The van der Waals surface area contributed by atoms with Crippen LogP contribution in [-0.2, 0) is 5.75 Å². The van der Waals surface area contributed by atoms with E-state index in [1.54, 1.807) is 6.07 Å². The Kier molecular flexibility index (Phi) is 7.55. The lowest BCUT2D eigenvalue weighted by molar-refractivity contribution is 0.305. The first-order valence-corrected chi connectivity index (χ1v) is 7.38. The lowest BCUT2D eigenvalue weighted by Crippen LogP contribution is -1.88. The van der Waals surface area contributed by atoms with Crippen LogP contribution in [-0.4, -0.2) is 17.5 Å². The number of hydrogen-bond donors (Lipinski definition) is 1. The smallest absolute Gasteiger partial charge is 0.124 e. The minimum Gasteiger partial charge on any atom is -0.395 e. The molecule has 1 aromatic carbocycles. The van der Waals surface area contributed by atoms with Crippen molar-refractivity contribution >= 4 is 11.8 Å². The summed E-state index contributed by atoms with van der Waals surface area (Å²) >= 11 is 1.82. The van der Waals surface area contributed by atoms with Crippen LogP contribution in [0.5, 0.6) is 0 Å². The maximum atomic E-state index is 13.4. The number of aliphatic hydroxyl groups excluding tert-OH is 1. The second-order valence-electron chi connectivity index (χ2n) is 4.03. The molecule has 0 aliphatic heterocycles. The maximum Gasteiger partial charge on any atom is 0.124 e. The highest BCUT2D eigenvalue weighted by Gasteiger charge is 1.99. The van der Waals surface area contributed by atoms with E-state index in [-0.39, 0.29) is 12.4 Å². The Labute approximate surface area is 113 Å². The summed E-state index contributed by atoms with van der Waals surface area (Å²) < 4.78 is 13.4. The molecule has 98 valence electrons. The summed E-state index contributed by atoms with van der Waals surface area (Å²) in [5.74, 6) is 7.37. The maximum absolute atomic E-state index is 13.4. The second-order valence-corrected chi connectivity index (χ2v) is 5.13. The van der Waals surface area contributed by atoms with Gasteiger partial charge in [0, 0.05) is 17.7 Å². The van der Waals surface area contributed by atoms with Gasteiger partial charge in [0.1, 0.15) is 5.82 Å².